The summed E-state index contributed by atoms with van der Waals surface area (Å²) in [5, 5.41) is 6.09. The van der Waals surface area contributed by atoms with E-state index in [1.165, 1.54) is 16.5 Å². The molecule has 3 rings (SSSR count). The first-order chi connectivity index (χ1) is 12.5. The van der Waals surface area contributed by atoms with E-state index in [1.54, 1.807) is 14.2 Å². The number of methoxy groups -OCH3 is 2. The van der Waals surface area contributed by atoms with Crippen LogP contribution in [0.25, 0.3) is 10.8 Å². The van der Waals surface area contributed by atoms with Gasteiger partial charge >= 0.3 is 0 Å². The molecule has 4 heteroatoms. The van der Waals surface area contributed by atoms with Crippen molar-refractivity contribution in [2.24, 2.45) is 0 Å². The first kappa shape index (κ1) is 17.9. The minimum Gasteiger partial charge on any atom is -0.493 e. The van der Waals surface area contributed by atoms with Gasteiger partial charge in [0.25, 0.3) is 0 Å². The van der Waals surface area contributed by atoms with Crippen molar-refractivity contribution in [1.82, 2.24) is 0 Å². The van der Waals surface area contributed by atoms with Gasteiger partial charge in [-0.25, -0.2) is 0 Å². The molecule has 0 spiro atoms. The van der Waals surface area contributed by atoms with E-state index in [9.17, 15) is 0 Å². The summed E-state index contributed by atoms with van der Waals surface area (Å²) >= 11 is 0. The zero-order valence-corrected chi connectivity index (χ0v) is 16.0. The Kier molecular flexibility index (Phi) is 5.21. The van der Waals surface area contributed by atoms with Gasteiger partial charge in [-0.05, 0) is 36.8 Å². The summed E-state index contributed by atoms with van der Waals surface area (Å²) in [5.41, 5.74) is 3.47. The summed E-state index contributed by atoms with van der Waals surface area (Å²) in [7, 11) is 7.45. The van der Waals surface area contributed by atoms with Crippen molar-refractivity contribution in [3.05, 3.63) is 60.2 Å². The van der Waals surface area contributed by atoms with E-state index < -0.39 is 0 Å². The number of anilines is 2. The lowest BCUT2D eigenvalue weighted by Crippen LogP contribution is -2.11. The molecule has 26 heavy (non-hydrogen) atoms. The Balaban J connectivity index is 1.95. The maximum Gasteiger partial charge on any atom is 0.161 e. The molecule has 0 amide bonds. The average Bonchev–Trinajstić information content (AvgIpc) is 2.67. The Morgan fingerprint density at radius 2 is 1.54 bits per heavy atom. The number of nitrogens with zero attached hydrogens (tertiary/aromatic N) is 1. The van der Waals surface area contributed by atoms with Crippen molar-refractivity contribution in [3.8, 4) is 11.5 Å². The molecule has 0 fully saturated rings. The monoisotopic (exact) mass is 350 g/mol. The zero-order valence-electron chi connectivity index (χ0n) is 16.0. The van der Waals surface area contributed by atoms with Crippen molar-refractivity contribution < 1.29 is 9.47 Å². The van der Waals surface area contributed by atoms with Gasteiger partial charge in [0, 0.05) is 42.3 Å². The average molecular weight is 350 g/mol. The van der Waals surface area contributed by atoms with Crippen molar-refractivity contribution >= 4 is 22.1 Å². The highest BCUT2D eigenvalue weighted by atomic mass is 16.5. The molecule has 0 bridgehead atoms. The number of nitrogens with one attached hydrogen (secondary N) is 1. The van der Waals surface area contributed by atoms with E-state index in [1.807, 2.05) is 12.1 Å². The van der Waals surface area contributed by atoms with E-state index >= 15 is 0 Å². The summed E-state index contributed by atoms with van der Waals surface area (Å²) in [6, 6.07) is 18.9. The molecule has 0 radical (unpaired) electrons. The maximum atomic E-state index is 5.43. The molecule has 1 atom stereocenters. The van der Waals surface area contributed by atoms with Crippen molar-refractivity contribution in [2.45, 2.75) is 13.0 Å². The van der Waals surface area contributed by atoms with Crippen LogP contribution in [0.4, 0.5) is 11.4 Å². The van der Waals surface area contributed by atoms with Gasteiger partial charge in [-0.1, -0.05) is 30.3 Å². The van der Waals surface area contributed by atoms with Crippen LogP contribution >= 0.6 is 0 Å². The van der Waals surface area contributed by atoms with E-state index in [2.05, 4.69) is 73.7 Å². The number of hydrogen-bond donors (Lipinski definition) is 1. The predicted molar refractivity (Wildman–Crippen MR) is 110 cm³/mol. The summed E-state index contributed by atoms with van der Waals surface area (Å²) in [6.45, 7) is 2.15. The predicted octanol–water partition coefficient (Wildman–Crippen LogP) is 5.10. The Morgan fingerprint density at radius 3 is 2.19 bits per heavy atom. The van der Waals surface area contributed by atoms with Gasteiger partial charge in [0.15, 0.2) is 11.5 Å². The van der Waals surface area contributed by atoms with Crippen LogP contribution in [0.1, 0.15) is 18.5 Å². The van der Waals surface area contributed by atoms with E-state index in [0.29, 0.717) is 0 Å². The highest BCUT2D eigenvalue weighted by Crippen LogP contribution is 2.35. The lowest BCUT2D eigenvalue weighted by atomic mass is 10.0. The van der Waals surface area contributed by atoms with E-state index in [4.69, 9.17) is 9.47 Å². The van der Waals surface area contributed by atoms with Gasteiger partial charge in [-0.2, -0.15) is 0 Å². The smallest absolute Gasteiger partial charge is 0.161 e. The molecule has 0 aliphatic rings. The summed E-state index contributed by atoms with van der Waals surface area (Å²) in [4.78, 5) is 2.14. The standard InChI is InChI=1S/C22H26N2O2/c1-15(16-10-13-21(25-4)22(14-16)26-5)23-19-11-12-20(24(2)3)18-9-7-6-8-17(18)19/h6-15,23H,1-5H3/t15-/m1/s1. The highest BCUT2D eigenvalue weighted by Gasteiger charge is 2.13. The first-order valence-corrected chi connectivity index (χ1v) is 8.72. The van der Waals surface area contributed by atoms with Crippen LogP contribution in [-0.2, 0) is 0 Å². The molecule has 0 aliphatic heterocycles. The maximum absolute atomic E-state index is 5.43. The van der Waals surface area contributed by atoms with Crippen LogP contribution in [0.2, 0.25) is 0 Å². The third-order valence-corrected chi connectivity index (χ3v) is 4.66. The second-order valence-electron chi connectivity index (χ2n) is 6.55. The second kappa shape index (κ2) is 7.56. The van der Waals surface area contributed by atoms with Gasteiger partial charge in [0.1, 0.15) is 0 Å². The minimum absolute atomic E-state index is 0.128. The van der Waals surface area contributed by atoms with Gasteiger partial charge < -0.3 is 19.7 Å². The summed E-state index contributed by atoms with van der Waals surface area (Å²) in [5.74, 6) is 1.48. The van der Waals surface area contributed by atoms with Crippen LogP contribution in [0.15, 0.2) is 54.6 Å². The Hall–Kier alpha value is -2.88. The number of hydrogen-bond acceptors (Lipinski definition) is 4. The molecule has 4 nitrogen and oxygen atoms in total. The Bertz CT molecular complexity index is 906. The van der Waals surface area contributed by atoms with Crippen LogP contribution in [0, 0.1) is 0 Å². The van der Waals surface area contributed by atoms with Gasteiger partial charge in [0.05, 0.1) is 14.2 Å². The molecule has 0 saturated carbocycles. The van der Waals surface area contributed by atoms with Crippen molar-refractivity contribution in [2.75, 3.05) is 38.5 Å². The normalized spacial score (nSPS) is 11.9. The minimum atomic E-state index is 0.128. The molecule has 0 aliphatic carbocycles. The topological polar surface area (TPSA) is 33.7 Å². The number of ether oxygens (including phenoxy) is 2. The zero-order chi connectivity index (χ0) is 18.7. The molecule has 0 saturated heterocycles. The van der Waals surface area contributed by atoms with E-state index in [0.717, 1.165) is 22.7 Å². The highest BCUT2D eigenvalue weighted by molar-refractivity contribution is 6.02. The second-order valence-corrected chi connectivity index (χ2v) is 6.55. The first-order valence-electron chi connectivity index (χ1n) is 8.72. The number of rotatable bonds is 6. The largest absolute Gasteiger partial charge is 0.493 e. The third kappa shape index (κ3) is 3.40. The lowest BCUT2D eigenvalue weighted by Gasteiger charge is -2.21. The molecule has 136 valence electrons. The quantitative estimate of drug-likeness (QED) is 0.671. The van der Waals surface area contributed by atoms with Crippen LogP contribution in [-0.4, -0.2) is 28.3 Å². The van der Waals surface area contributed by atoms with Crippen molar-refractivity contribution in [1.29, 1.82) is 0 Å². The summed E-state index contributed by atoms with van der Waals surface area (Å²) in [6.07, 6.45) is 0. The molecule has 1 N–H and O–H groups in total. The van der Waals surface area contributed by atoms with Gasteiger partial charge in [0.2, 0.25) is 0 Å². The fourth-order valence-corrected chi connectivity index (χ4v) is 3.24. The molecule has 0 heterocycles. The Morgan fingerprint density at radius 1 is 0.846 bits per heavy atom. The molecule has 3 aromatic rings. The van der Waals surface area contributed by atoms with Crippen molar-refractivity contribution in [3.63, 3.8) is 0 Å². The molecular weight excluding hydrogens is 324 g/mol. The van der Waals surface area contributed by atoms with Gasteiger partial charge in [-0.15, -0.1) is 0 Å². The fourth-order valence-electron chi connectivity index (χ4n) is 3.24. The van der Waals surface area contributed by atoms with E-state index in [-0.39, 0.29) is 6.04 Å². The molecule has 0 unspecified atom stereocenters. The molecule has 0 aromatic heterocycles. The number of fused-ring (bicyclic) bond motifs is 1. The lowest BCUT2D eigenvalue weighted by molar-refractivity contribution is 0.354. The Labute approximate surface area is 155 Å². The third-order valence-electron chi connectivity index (χ3n) is 4.66. The fraction of sp³-hybridized carbons (Fsp3) is 0.273. The summed E-state index contributed by atoms with van der Waals surface area (Å²) < 4.78 is 10.8. The van der Waals surface area contributed by atoms with Crippen LogP contribution in [0.5, 0.6) is 11.5 Å². The van der Waals surface area contributed by atoms with Crippen LogP contribution < -0.4 is 19.7 Å². The van der Waals surface area contributed by atoms with Crippen LogP contribution in [0.3, 0.4) is 0 Å². The molecule has 3 aromatic carbocycles. The number of benzene rings is 3. The SMILES string of the molecule is COc1ccc([C@@H](C)Nc2ccc(N(C)C)c3ccccc23)cc1OC. The van der Waals surface area contributed by atoms with Gasteiger partial charge in [-0.3, -0.25) is 0 Å². The molecular formula is C22H26N2O2.